The fourth-order valence-electron chi connectivity index (χ4n) is 4.08. The number of carbonyl (C=O) groups excluding carboxylic acids is 2. The smallest absolute Gasteiger partial charge is 0.250 e. The zero-order valence-corrected chi connectivity index (χ0v) is 17.1. The first kappa shape index (κ1) is 19.8. The van der Waals surface area contributed by atoms with E-state index >= 15 is 0 Å². The van der Waals surface area contributed by atoms with Crippen LogP contribution in [0.5, 0.6) is 0 Å². The molecule has 0 radical (unpaired) electrons. The Morgan fingerprint density at radius 3 is 2.63 bits per heavy atom. The van der Waals surface area contributed by atoms with Crippen LogP contribution in [0.1, 0.15) is 33.1 Å². The van der Waals surface area contributed by atoms with Gasteiger partial charge >= 0.3 is 0 Å². The summed E-state index contributed by atoms with van der Waals surface area (Å²) in [4.78, 5) is 35.9. The maximum absolute atomic E-state index is 13.2. The molecule has 148 valence electrons. The quantitative estimate of drug-likeness (QED) is 0.796. The van der Waals surface area contributed by atoms with Crippen molar-refractivity contribution in [3.8, 4) is 0 Å². The van der Waals surface area contributed by atoms with Gasteiger partial charge in [-0.15, -0.1) is 0 Å². The first-order valence-electron chi connectivity index (χ1n) is 9.58. The van der Waals surface area contributed by atoms with E-state index in [0.29, 0.717) is 12.4 Å². The van der Waals surface area contributed by atoms with E-state index in [4.69, 9.17) is 0 Å². The van der Waals surface area contributed by atoms with Gasteiger partial charge in [0.15, 0.2) is 0 Å². The molecule has 0 aromatic heterocycles. The first-order valence-corrected chi connectivity index (χ1v) is 9.58. The van der Waals surface area contributed by atoms with Crippen molar-refractivity contribution in [2.75, 3.05) is 40.8 Å². The standard InChI is InChI=1S/C20H31N5O2/c1-15-6-9-25-16(12-15)22-17(26)13-19(25,2)18(27)21-14-20(23(3)4)7-10-24(5)11-8-20/h6,9,12H,7-8,10-11,13-14H2,1-5H3,(H,21,27). The molecular formula is C20H31N5O2. The van der Waals surface area contributed by atoms with Crippen LogP contribution in [0.25, 0.3) is 0 Å². The molecular weight excluding hydrogens is 342 g/mol. The summed E-state index contributed by atoms with van der Waals surface area (Å²) >= 11 is 0. The van der Waals surface area contributed by atoms with Gasteiger partial charge in [-0.25, -0.2) is 0 Å². The zero-order chi connectivity index (χ0) is 19.8. The van der Waals surface area contributed by atoms with Gasteiger partial charge in [0.05, 0.1) is 6.42 Å². The van der Waals surface area contributed by atoms with Crippen molar-refractivity contribution in [2.45, 2.75) is 44.2 Å². The van der Waals surface area contributed by atoms with Crippen molar-refractivity contribution in [1.82, 2.24) is 20.0 Å². The third-order valence-electron chi connectivity index (χ3n) is 6.29. The molecule has 0 aliphatic carbocycles. The van der Waals surface area contributed by atoms with Gasteiger partial charge in [-0.2, -0.15) is 4.99 Å². The van der Waals surface area contributed by atoms with Gasteiger partial charge in [-0.05, 0) is 78.6 Å². The molecule has 7 heteroatoms. The molecule has 0 aromatic carbocycles. The Kier molecular flexibility index (Phi) is 5.27. The van der Waals surface area contributed by atoms with E-state index in [2.05, 4.69) is 41.3 Å². The Hall–Kier alpha value is -1.99. The molecule has 1 unspecified atom stereocenters. The van der Waals surface area contributed by atoms with E-state index in [-0.39, 0.29) is 23.8 Å². The van der Waals surface area contributed by atoms with Gasteiger partial charge in [0, 0.05) is 18.3 Å². The monoisotopic (exact) mass is 373 g/mol. The van der Waals surface area contributed by atoms with Crippen molar-refractivity contribution in [3.05, 3.63) is 23.9 Å². The van der Waals surface area contributed by atoms with Crippen LogP contribution < -0.4 is 5.32 Å². The van der Waals surface area contributed by atoms with E-state index in [1.165, 1.54) is 0 Å². The Balaban J connectivity index is 1.76. The highest BCUT2D eigenvalue weighted by Crippen LogP contribution is 2.30. The topological polar surface area (TPSA) is 68.2 Å². The number of likely N-dealkylation sites (N-methyl/N-ethyl adjacent to an activating group) is 1. The Labute approximate surface area is 161 Å². The summed E-state index contributed by atoms with van der Waals surface area (Å²) in [6.07, 6.45) is 7.74. The summed E-state index contributed by atoms with van der Waals surface area (Å²) in [5.41, 5.74) is 0.00347. The summed E-state index contributed by atoms with van der Waals surface area (Å²) < 4.78 is 0. The number of hydrogen-bond acceptors (Lipinski definition) is 5. The normalized spacial score (nSPS) is 27.9. The SMILES string of the molecule is CC1=CC2=NC(=O)CC(C)(C(=O)NCC3(N(C)C)CCN(C)CC3)N2C=C1. The number of fused-ring (bicyclic) bond motifs is 1. The summed E-state index contributed by atoms with van der Waals surface area (Å²) in [7, 11) is 6.29. The third-order valence-corrected chi connectivity index (χ3v) is 6.29. The molecule has 3 rings (SSSR count). The maximum atomic E-state index is 13.2. The fraction of sp³-hybridized carbons (Fsp3) is 0.650. The summed E-state index contributed by atoms with van der Waals surface area (Å²) in [6.45, 7) is 6.38. The Morgan fingerprint density at radius 1 is 1.33 bits per heavy atom. The van der Waals surface area contributed by atoms with Crippen LogP contribution in [0.3, 0.4) is 0 Å². The molecule has 0 bridgehead atoms. The predicted molar refractivity (Wildman–Crippen MR) is 106 cm³/mol. The van der Waals surface area contributed by atoms with E-state index < -0.39 is 5.54 Å². The van der Waals surface area contributed by atoms with E-state index in [0.717, 1.165) is 31.5 Å². The number of amides is 2. The second-order valence-electron chi connectivity index (χ2n) is 8.49. The van der Waals surface area contributed by atoms with E-state index in [1.54, 1.807) is 0 Å². The minimum atomic E-state index is -0.958. The number of amidine groups is 1. The summed E-state index contributed by atoms with van der Waals surface area (Å²) in [6, 6.07) is 0. The van der Waals surface area contributed by atoms with Crippen LogP contribution in [-0.2, 0) is 9.59 Å². The molecule has 3 aliphatic rings. The van der Waals surface area contributed by atoms with Gasteiger partial charge in [0.1, 0.15) is 11.4 Å². The van der Waals surface area contributed by atoms with E-state index in [9.17, 15) is 9.59 Å². The molecule has 7 nitrogen and oxygen atoms in total. The second-order valence-corrected chi connectivity index (χ2v) is 8.49. The lowest BCUT2D eigenvalue weighted by molar-refractivity contribution is -0.135. The molecule has 0 aromatic rings. The van der Waals surface area contributed by atoms with Crippen molar-refractivity contribution >= 4 is 17.6 Å². The largest absolute Gasteiger partial charge is 0.352 e. The van der Waals surface area contributed by atoms with Crippen LogP contribution in [0.2, 0.25) is 0 Å². The molecule has 0 spiro atoms. The lowest BCUT2D eigenvalue weighted by Crippen LogP contribution is -2.63. The third kappa shape index (κ3) is 3.71. The molecule has 0 saturated carbocycles. The van der Waals surface area contributed by atoms with Crippen LogP contribution in [0.4, 0.5) is 0 Å². The van der Waals surface area contributed by atoms with Crippen LogP contribution in [0, 0.1) is 0 Å². The Morgan fingerprint density at radius 2 is 2.00 bits per heavy atom. The number of rotatable bonds is 4. The van der Waals surface area contributed by atoms with Gasteiger partial charge in [-0.1, -0.05) is 0 Å². The molecule has 1 N–H and O–H groups in total. The molecule has 1 saturated heterocycles. The highest BCUT2D eigenvalue weighted by Gasteiger charge is 2.46. The lowest BCUT2D eigenvalue weighted by Gasteiger charge is -2.47. The second kappa shape index (κ2) is 7.20. The number of allylic oxidation sites excluding steroid dienone is 2. The van der Waals surface area contributed by atoms with E-state index in [1.807, 2.05) is 37.1 Å². The van der Waals surface area contributed by atoms with Gasteiger partial charge in [-0.3, -0.25) is 9.59 Å². The molecule has 1 fully saturated rings. The number of nitrogens with zero attached hydrogens (tertiary/aromatic N) is 4. The summed E-state index contributed by atoms with van der Waals surface area (Å²) in [5, 5.41) is 3.16. The molecule has 1 atom stereocenters. The number of aliphatic imine (C=N–C) groups is 1. The van der Waals surface area contributed by atoms with Crippen LogP contribution in [0.15, 0.2) is 28.9 Å². The highest BCUT2D eigenvalue weighted by atomic mass is 16.2. The molecule has 3 heterocycles. The minimum Gasteiger partial charge on any atom is -0.352 e. The predicted octanol–water partition coefficient (Wildman–Crippen LogP) is 0.992. The number of likely N-dealkylation sites (tertiary alicyclic amines) is 1. The highest BCUT2D eigenvalue weighted by molar-refractivity contribution is 6.09. The summed E-state index contributed by atoms with van der Waals surface area (Å²) in [5.74, 6) is 0.173. The van der Waals surface area contributed by atoms with Crippen molar-refractivity contribution < 1.29 is 9.59 Å². The van der Waals surface area contributed by atoms with Crippen molar-refractivity contribution in [3.63, 3.8) is 0 Å². The van der Waals surface area contributed by atoms with Gasteiger partial charge in [0.25, 0.3) is 5.91 Å². The number of carbonyl (C=O) groups is 2. The fourth-order valence-corrected chi connectivity index (χ4v) is 4.08. The minimum absolute atomic E-state index is 0.0532. The number of piperidine rings is 1. The van der Waals surface area contributed by atoms with Crippen LogP contribution >= 0.6 is 0 Å². The average Bonchev–Trinajstić information content (AvgIpc) is 2.60. The van der Waals surface area contributed by atoms with Gasteiger partial charge in [0.2, 0.25) is 5.91 Å². The number of hydrogen-bond donors (Lipinski definition) is 1. The van der Waals surface area contributed by atoms with Crippen molar-refractivity contribution in [2.24, 2.45) is 4.99 Å². The lowest BCUT2D eigenvalue weighted by atomic mass is 9.85. The molecule has 3 aliphatic heterocycles. The van der Waals surface area contributed by atoms with Crippen molar-refractivity contribution in [1.29, 1.82) is 0 Å². The Bertz CT molecular complexity index is 716. The molecule has 27 heavy (non-hydrogen) atoms. The number of nitrogens with one attached hydrogen (secondary N) is 1. The van der Waals surface area contributed by atoms with Gasteiger partial charge < -0.3 is 20.0 Å². The average molecular weight is 374 g/mol. The molecule has 2 amide bonds. The van der Waals surface area contributed by atoms with Crippen LogP contribution in [-0.4, -0.2) is 84.2 Å². The zero-order valence-electron chi connectivity index (χ0n) is 17.1. The maximum Gasteiger partial charge on any atom is 0.250 e. The first-order chi connectivity index (χ1) is 12.7.